The number of carbonyl (C=O) groups is 1. The molecule has 0 aliphatic carbocycles. The molecule has 3 rings (SSSR count). The highest BCUT2D eigenvalue weighted by molar-refractivity contribution is 5.96. The third-order valence-corrected chi connectivity index (χ3v) is 4.40. The van der Waals surface area contributed by atoms with E-state index in [0.717, 1.165) is 31.5 Å². The average molecular weight is 274 g/mol. The average Bonchev–Trinajstić information content (AvgIpc) is 3.00. The molecule has 1 aromatic rings. The van der Waals surface area contributed by atoms with Crippen molar-refractivity contribution in [3.63, 3.8) is 0 Å². The molecule has 20 heavy (non-hydrogen) atoms. The van der Waals surface area contributed by atoms with Crippen molar-refractivity contribution >= 4 is 5.78 Å². The first-order valence-corrected chi connectivity index (χ1v) is 7.40. The molecule has 108 valence electrons. The molecule has 0 amide bonds. The van der Waals surface area contributed by atoms with Gasteiger partial charge in [-0.1, -0.05) is 12.1 Å². The molecule has 0 radical (unpaired) electrons. The molecule has 1 N–H and O–H groups in total. The zero-order chi connectivity index (χ0) is 13.9. The molecule has 0 bridgehead atoms. The molecule has 2 heterocycles. The van der Waals surface area contributed by atoms with Crippen LogP contribution in [0.15, 0.2) is 24.3 Å². The molecule has 2 aliphatic heterocycles. The van der Waals surface area contributed by atoms with Gasteiger partial charge in [-0.15, -0.1) is 0 Å². The largest absolute Gasteiger partial charge is 0.491 e. The smallest absolute Gasteiger partial charge is 0.163 e. The van der Waals surface area contributed by atoms with Crippen LogP contribution in [0.2, 0.25) is 0 Å². The first-order chi connectivity index (χ1) is 9.74. The molecular formula is C16H22N2O2. The Labute approximate surface area is 120 Å². The minimum atomic E-state index is 0.0578. The lowest BCUT2D eigenvalue weighted by atomic mass is 10.0. The summed E-state index contributed by atoms with van der Waals surface area (Å²) in [5.74, 6) is 2.41. The van der Waals surface area contributed by atoms with Crippen LogP contribution < -0.4 is 10.1 Å². The van der Waals surface area contributed by atoms with E-state index in [1.807, 2.05) is 24.3 Å². The van der Waals surface area contributed by atoms with E-state index in [2.05, 4.69) is 10.2 Å². The van der Waals surface area contributed by atoms with E-state index in [4.69, 9.17) is 4.74 Å². The van der Waals surface area contributed by atoms with Crippen molar-refractivity contribution < 1.29 is 9.53 Å². The molecular weight excluding hydrogens is 252 g/mol. The molecule has 0 spiro atoms. The Hall–Kier alpha value is -1.39. The molecule has 2 aliphatic rings. The van der Waals surface area contributed by atoms with Gasteiger partial charge in [-0.25, -0.2) is 0 Å². The quantitative estimate of drug-likeness (QED) is 0.825. The third kappa shape index (κ3) is 2.86. The van der Waals surface area contributed by atoms with Gasteiger partial charge in [-0.05, 0) is 44.0 Å². The Morgan fingerprint density at radius 1 is 1.30 bits per heavy atom. The second-order valence-electron chi connectivity index (χ2n) is 5.84. The van der Waals surface area contributed by atoms with Crippen molar-refractivity contribution in [1.29, 1.82) is 0 Å². The predicted octanol–water partition coefficient (Wildman–Crippen LogP) is 1.42. The van der Waals surface area contributed by atoms with Crippen molar-refractivity contribution in [2.24, 2.45) is 11.8 Å². The lowest BCUT2D eigenvalue weighted by Crippen LogP contribution is -2.29. The molecule has 0 saturated carbocycles. The van der Waals surface area contributed by atoms with Crippen LogP contribution in [-0.2, 0) is 0 Å². The highest BCUT2D eigenvalue weighted by atomic mass is 16.5. The molecule has 0 aromatic heterocycles. The summed E-state index contributed by atoms with van der Waals surface area (Å²) in [5.41, 5.74) is 0.676. The van der Waals surface area contributed by atoms with Crippen molar-refractivity contribution in [1.82, 2.24) is 10.2 Å². The summed E-state index contributed by atoms with van der Waals surface area (Å²) in [4.78, 5) is 14.0. The van der Waals surface area contributed by atoms with Crippen molar-refractivity contribution in [3.8, 4) is 5.75 Å². The summed E-state index contributed by atoms with van der Waals surface area (Å²) >= 11 is 0. The molecule has 2 saturated heterocycles. The SMILES string of the molecule is CC(=O)c1ccccc1OCCN1C[C@H]2CNC[C@H]2C1. The monoisotopic (exact) mass is 274 g/mol. The Balaban J connectivity index is 1.50. The standard InChI is InChI=1S/C16H22N2O2/c1-12(19)15-4-2-3-5-16(15)20-7-6-18-10-13-8-17-9-14(13)11-18/h2-5,13-14,17H,6-11H2,1H3/t13-,14+. The Kier molecular flexibility index (Phi) is 4.03. The number of ether oxygens (including phenoxy) is 1. The first-order valence-electron chi connectivity index (χ1n) is 7.40. The topological polar surface area (TPSA) is 41.6 Å². The summed E-state index contributed by atoms with van der Waals surface area (Å²) in [5, 5.41) is 3.45. The summed E-state index contributed by atoms with van der Waals surface area (Å²) in [7, 11) is 0. The first kappa shape index (κ1) is 13.6. The van der Waals surface area contributed by atoms with Gasteiger partial charge in [-0.2, -0.15) is 0 Å². The Bertz CT molecular complexity index is 477. The number of fused-ring (bicyclic) bond motifs is 1. The van der Waals surface area contributed by atoms with Crippen molar-refractivity contribution in [3.05, 3.63) is 29.8 Å². The minimum Gasteiger partial charge on any atom is -0.491 e. The van der Waals surface area contributed by atoms with Crippen LogP contribution >= 0.6 is 0 Å². The van der Waals surface area contributed by atoms with Crippen LogP contribution in [0.25, 0.3) is 0 Å². The number of hydrogen-bond acceptors (Lipinski definition) is 4. The molecule has 0 unspecified atom stereocenters. The lowest BCUT2D eigenvalue weighted by molar-refractivity contribution is 0.101. The van der Waals surface area contributed by atoms with Gasteiger partial charge >= 0.3 is 0 Å². The summed E-state index contributed by atoms with van der Waals surface area (Å²) in [6.07, 6.45) is 0. The van der Waals surface area contributed by atoms with E-state index in [9.17, 15) is 4.79 Å². The number of rotatable bonds is 5. The van der Waals surface area contributed by atoms with Crippen LogP contribution in [0.5, 0.6) is 5.75 Å². The van der Waals surface area contributed by atoms with E-state index in [1.165, 1.54) is 13.1 Å². The van der Waals surface area contributed by atoms with Crippen LogP contribution in [0.1, 0.15) is 17.3 Å². The number of nitrogens with one attached hydrogen (secondary N) is 1. The number of carbonyl (C=O) groups excluding carboxylic acids is 1. The van der Waals surface area contributed by atoms with Crippen molar-refractivity contribution in [2.45, 2.75) is 6.92 Å². The minimum absolute atomic E-state index is 0.0578. The van der Waals surface area contributed by atoms with Gasteiger partial charge in [0.25, 0.3) is 0 Å². The highest BCUT2D eigenvalue weighted by Gasteiger charge is 2.35. The summed E-state index contributed by atoms with van der Waals surface area (Å²) in [6, 6.07) is 7.48. The van der Waals surface area contributed by atoms with Gasteiger partial charge in [0.05, 0.1) is 5.56 Å². The number of para-hydroxylation sites is 1. The molecule has 4 nitrogen and oxygen atoms in total. The maximum Gasteiger partial charge on any atom is 0.163 e. The van der Waals surface area contributed by atoms with Gasteiger partial charge in [0.2, 0.25) is 0 Å². The van der Waals surface area contributed by atoms with E-state index in [-0.39, 0.29) is 5.78 Å². The zero-order valence-corrected chi connectivity index (χ0v) is 12.0. The fourth-order valence-corrected chi connectivity index (χ4v) is 3.30. The molecule has 2 fully saturated rings. The number of benzene rings is 1. The fraction of sp³-hybridized carbons (Fsp3) is 0.562. The highest BCUT2D eigenvalue weighted by Crippen LogP contribution is 2.26. The number of Topliss-reactive ketones (excluding diaryl/α,β-unsaturated/α-hetero) is 1. The maximum absolute atomic E-state index is 11.5. The molecule has 2 atom stereocenters. The zero-order valence-electron chi connectivity index (χ0n) is 12.0. The molecule has 1 aromatic carbocycles. The summed E-state index contributed by atoms with van der Waals surface area (Å²) in [6.45, 7) is 7.85. The van der Waals surface area contributed by atoms with Crippen LogP contribution in [0.4, 0.5) is 0 Å². The number of hydrogen-bond donors (Lipinski definition) is 1. The van der Waals surface area contributed by atoms with Crippen LogP contribution in [0, 0.1) is 11.8 Å². The van der Waals surface area contributed by atoms with Gasteiger partial charge in [0.1, 0.15) is 12.4 Å². The van der Waals surface area contributed by atoms with E-state index >= 15 is 0 Å². The Morgan fingerprint density at radius 2 is 2.00 bits per heavy atom. The normalized spacial score (nSPS) is 25.6. The van der Waals surface area contributed by atoms with E-state index < -0.39 is 0 Å². The third-order valence-electron chi connectivity index (χ3n) is 4.40. The van der Waals surface area contributed by atoms with Gasteiger partial charge in [0, 0.05) is 19.6 Å². The van der Waals surface area contributed by atoms with Gasteiger partial charge < -0.3 is 10.1 Å². The van der Waals surface area contributed by atoms with E-state index in [0.29, 0.717) is 17.9 Å². The second-order valence-corrected chi connectivity index (χ2v) is 5.84. The second kappa shape index (κ2) is 5.94. The molecule has 4 heteroatoms. The van der Waals surface area contributed by atoms with Gasteiger partial charge in [-0.3, -0.25) is 9.69 Å². The number of likely N-dealkylation sites (tertiary alicyclic amines) is 1. The number of ketones is 1. The Morgan fingerprint density at radius 3 is 2.70 bits per heavy atom. The van der Waals surface area contributed by atoms with Crippen molar-refractivity contribution in [2.75, 3.05) is 39.3 Å². The maximum atomic E-state index is 11.5. The number of nitrogens with zero attached hydrogens (tertiary/aromatic N) is 1. The van der Waals surface area contributed by atoms with Crippen LogP contribution in [0.3, 0.4) is 0 Å². The lowest BCUT2D eigenvalue weighted by Gasteiger charge is -2.17. The van der Waals surface area contributed by atoms with Gasteiger partial charge in [0.15, 0.2) is 5.78 Å². The van der Waals surface area contributed by atoms with E-state index in [1.54, 1.807) is 6.92 Å². The fourth-order valence-electron chi connectivity index (χ4n) is 3.30. The predicted molar refractivity (Wildman–Crippen MR) is 78.2 cm³/mol. The summed E-state index contributed by atoms with van der Waals surface area (Å²) < 4.78 is 5.80. The van der Waals surface area contributed by atoms with Crippen LogP contribution in [-0.4, -0.2) is 50.0 Å².